The third-order valence-electron chi connectivity index (χ3n) is 2.65. The van der Waals surface area contributed by atoms with Crippen LogP contribution < -0.4 is 0 Å². The molecule has 0 nitrogen and oxygen atoms in total. The van der Waals surface area contributed by atoms with Gasteiger partial charge < -0.3 is 0 Å². The van der Waals surface area contributed by atoms with Crippen molar-refractivity contribution in [3.63, 3.8) is 0 Å². The van der Waals surface area contributed by atoms with Crippen molar-refractivity contribution >= 4 is 21.5 Å². The monoisotopic (exact) mass is 180 g/mol. The molecule has 0 aliphatic carbocycles. The van der Waals surface area contributed by atoms with E-state index in [9.17, 15) is 0 Å². The summed E-state index contributed by atoms with van der Waals surface area (Å²) in [4.78, 5) is 0. The second-order valence-corrected chi connectivity index (χ2v) is 3.51. The van der Waals surface area contributed by atoms with Crippen LogP contribution >= 0.6 is 0 Å². The maximum absolute atomic E-state index is 2.18. The van der Waals surface area contributed by atoms with Gasteiger partial charge in [0, 0.05) is 0 Å². The van der Waals surface area contributed by atoms with Crippen LogP contribution in [0.5, 0.6) is 0 Å². The standard InChI is InChI=1S/C14H10/c1-3-7-13-11(5-1)9-10-12-6-2-4-8-14(12)13/h1-10H/i9+1,10+1. The van der Waals surface area contributed by atoms with Crippen molar-refractivity contribution in [3.05, 3.63) is 60.7 Å². The summed E-state index contributed by atoms with van der Waals surface area (Å²) in [6, 6.07) is 21.4. The molecule has 0 amide bonds. The number of hydrogen-bond donors (Lipinski definition) is 0. The summed E-state index contributed by atoms with van der Waals surface area (Å²) in [6.07, 6.45) is 0. The van der Waals surface area contributed by atoms with E-state index in [0.29, 0.717) is 0 Å². The Bertz CT molecular complexity index is 539. The minimum absolute atomic E-state index is 1.31. The molecule has 0 spiro atoms. The lowest BCUT2D eigenvalue weighted by Crippen LogP contribution is -1.75. The Balaban J connectivity index is 2.61. The summed E-state index contributed by atoms with van der Waals surface area (Å²) in [5.41, 5.74) is 0. The molecule has 0 saturated carbocycles. The van der Waals surface area contributed by atoms with Gasteiger partial charge in [-0.15, -0.1) is 0 Å². The molecule has 0 saturated heterocycles. The fourth-order valence-electron chi connectivity index (χ4n) is 1.95. The van der Waals surface area contributed by atoms with Crippen LogP contribution in [0.1, 0.15) is 0 Å². The van der Waals surface area contributed by atoms with Crippen molar-refractivity contribution in [2.75, 3.05) is 0 Å². The summed E-state index contributed by atoms with van der Waals surface area (Å²) in [6.45, 7) is 0. The van der Waals surface area contributed by atoms with Crippen LogP contribution in [0.3, 0.4) is 0 Å². The lowest BCUT2D eigenvalue weighted by atomic mass is 10.1. The molecule has 3 aromatic rings. The second-order valence-electron chi connectivity index (χ2n) is 3.51. The Morgan fingerprint density at radius 2 is 0.857 bits per heavy atom. The zero-order valence-corrected chi connectivity index (χ0v) is 7.77. The predicted molar refractivity (Wildman–Crippen MR) is 61.5 cm³/mol. The molecule has 3 rings (SSSR count). The minimum atomic E-state index is 1.31. The highest BCUT2D eigenvalue weighted by molar-refractivity contribution is 6.07. The van der Waals surface area contributed by atoms with Gasteiger partial charge in [0.05, 0.1) is 0 Å². The molecule has 0 N–H and O–H groups in total. The molecule has 0 aliphatic rings. The zero-order valence-electron chi connectivity index (χ0n) is 7.77. The van der Waals surface area contributed by atoms with Crippen LogP contribution in [0, 0.1) is 0 Å². The van der Waals surface area contributed by atoms with E-state index in [4.69, 9.17) is 0 Å². The molecule has 3 aromatic carbocycles. The van der Waals surface area contributed by atoms with Crippen molar-refractivity contribution in [1.82, 2.24) is 0 Å². The van der Waals surface area contributed by atoms with E-state index in [2.05, 4.69) is 60.7 Å². The summed E-state index contributed by atoms with van der Waals surface area (Å²) in [5.74, 6) is 0. The molecule has 0 heterocycles. The molecular formula is C14H10. The Labute approximate surface area is 82.8 Å². The van der Waals surface area contributed by atoms with E-state index in [1.54, 1.807) is 0 Å². The Morgan fingerprint density at radius 3 is 1.36 bits per heavy atom. The molecule has 0 aromatic heterocycles. The van der Waals surface area contributed by atoms with Crippen molar-refractivity contribution in [2.45, 2.75) is 0 Å². The largest absolute Gasteiger partial charge is 0.0616 e. The van der Waals surface area contributed by atoms with Gasteiger partial charge in [0.1, 0.15) is 0 Å². The average Bonchev–Trinajstić information content (AvgIpc) is 2.29. The summed E-state index contributed by atoms with van der Waals surface area (Å²) in [5, 5.41) is 5.30. The first-order valence-electron chi connectivity index (χ1n) is 4.82. The third kappa shape index (κ3) is 1.01. The highest BCUT2D eigenvalue weighted by Gasteiger charge is 1.97. The zero-order chi connectivity index (χ0) is 9.38. The molecule has 0 bridgehead atoms. The van der Waals surface area contributed by atoms with Gasteiger partial charge in [-0.25, -0.2) is 0 Å². The maximum atomic E-state index is 2.18. The molecule has 0 aliphatic heterocycles. The Hall–Kier alpha value is -1.82. The van der Waals surface area contributed by atoms with Gasteiger partial charge in [0.25, 0.3) is 0 Å². The summed E-state index contributed by atoms with van der Waals surface area (Å²) in [7, 11) is 0. The van der Waals surface area contributed by atoms with Gasteiger partial charge in [-0.05, 0) is 21.5 Å². The third-order valence-corrected chi connectivity index (χ3v) is 2.65. The van der Waals surface area contributed by atoms with Crippen molar-refractivity contribution in [1.29, 1.82) is 0 Å². The van der Waals surface area contributed by atoms with Crippen LogP contribution in [0.4, 0.5) is 0 Å². The summed E-state index contributed by atoms with van der Waals surface area (Å²) >= 11 is 0. The van der Waals surface area contributed by atoms with E-state index in [1.807, 2.05) is 0 Å². The number of fused-ring (bicyclic) bond motifs is 3. The highest BCUT2D eigenvalue weighted by Crippen LogP contribution is 2.24. The Morgan fingerprint density at radius 1 is 0.429 bits per heavy atom. The van der Waals surface area contributed by atoms with Gasteiger partial charge in [-0.1, -0.05) is 60.7 Å². The SMILES string of the molecule is c1ccc2c(c1)[13cH][13cH]c1ccccc12. The van der Waals surface area contributed by atoms with Crippen LogP contribution in [0.25, 0.3) is 21.5 Å². The number of benzene rings is 3. The van der Waals surface area contributed by atoms with Gasteiger partial charge >= 0.3 is 0 Å². The molecule has 0 radical (unpaired) electrons. The van der Waals surface area contributed by atoms with Gasteiger partial charge in [0.15, 0.2) is 0 Å². The quantitative estimate of drug-likeness (QED) is 0.459. The first kappa shape index (κ1) is 7.57. The van der Waals surface area contributed by atoms with Gasteiger partial charge in [0.2, 0.25) is 0 Å². The second kappa shape index (κ2) is 2.85. The Kier molecular flexibility index (Phi) is 1.54. The normalized spacial score (nSPS) is 10.9. The molecule has 14 heavy (non-hydrogen) atoms. The van der Waals surface area contributed by atoms with Gasteiger partial charge in [-0.3, -0.25) is 0 Å². The van der Waals surface area contributed by atoms with E-state index >= 15 is 0 Å². The molecule has 66 valence electrons. The predicted octanol–water partition coefficient (Wildman–Crippen LogP) is 3.99. The van der Waals surface area contributed by atoms with Crippen LogP contribution in [-0.2, 0) is 0 Å². The average molecular weight is 180 g/mol. The van der Waals surface area contributed by atoms with Crippen LogP contribution in [0.15, 0.2) is 60.7 Å². The van der Waals surface area contributed by atoms with Crippen molar-refractivity contribution in [2.24, 2.45) is 0 Å². The van der Waals surface area contributed by atoms with E-state index < -0.39 is 0 Å². The fraction of sp³-hybridized carbons (Fsp3) is 0. The van der Waals surface area contributed by atoms with Gasteiger partial charge in [-0.2, -0.15) is 0 Å². The molecule has 0 heteroatoms. The topological polar surface area (TPSA) is 0 Å². The first-order valence-corrected chi connectivity index (χ1v) is 4.82. The minimum Gasteiger partial charge on any atom is -0.0616 e. The molecule has 0 fully saturated rings. The van der Waals surface area contributed by atoms with Crippen molar-refractivity contribution < 1.29 is 0 Å². The molecular weight excluding hydrogens is 170 g/mol. The number of rotatable bonds is 0. The van der Waals surface area contributed by atoms with E-state index in [-0.39, 0.29) is 0 Å². The highest BCUT2D eigenvalue weighted by atomic mass is 14.3. The maximum Gasteiger partial charge on any atom is -0.0105 e. The fourth-order valence-corrected chi connectivity index (χ4v) is 1.95. The smallest absolute Gasteiger partial charge is 0.0105 e. The summed E-state index contributed by atoms with van der Waals surface area (Å²) < 4.78 is 0. The molecule has 0 unspecified atom stereocenters. The van der Waals surface area contributed by atoms with E-state index in [0.717, 1.165) is 0 Å². The van der Waals surface area contributed by atoms with Crippen molar-refractivity contribution in [3.8, 4) is 0 Å². The van der Waals surface area contributed by atoms with Crippen LogP contribution in [0.2, 0.25) is 0 Å². The van der Waals surface area contributed by atoms with Crippen LogP contribution in [-0.4, -0.2) is 0 Å². The molecule has 0 atom stereocenters. The lowest BCUT2D eigenvalue weighted by Gasteiger charge is -2.02. The number of hydrogen-bond acceptors (Lipinski definition) is 0. The van der Waals surface area contributed by atoms with E-state index in [1.165, 1.54) is 21.5 Å². The lowest BCUT2D eigenvalue weighted by molar-refractivity contribution is 1.76. The first-order chi connectivity index (χ1) is 6.95.